The molecule has 0 aliphatic carbocycles. The van der Waals surface area contributed by atoms with E-state index in [0.717, 1.165) is 18.4 Å². The zero-order valence-electron chi connectivity index (χ0n) is 17.4. The molecule has 3 rings (SSSR count). The molecule has 0 spiro atoms. The SMILES string of the molecule is CNC(=O)CC(NC(=O)O)C1CCN(Cc2ccc(-c3ccc(F)cc3)cc2F)CC1. The molecule has 6 nitrogen and oxygen atoms in total. The molecule has 1 fully saturated rings. The molecule has 31 heavy (non-hydrogen) atoms. The van der Waals surface area contributed by atoms with Gasteiger partial charge in [0.05, 0.1) is 0 Å². The van der Waals surface area contributed by atoms with Crippen LogP contribution in [0.25, 0.3) is 11.1 Å². The van der Waals surface area contributed by atoms with E-state index in [1.54, 1.807) is 18.2 Å². The number of carbonyl (C=O) groups is 2. The average molecular weight is 431 g/mol. The van der Waals surface area contributed by atoms with Crippen LogP contribution in [-0.2, 0) is 11.3 Å². The predicted molar refractivity (Wildman–Crippen MR) is 113 cm³/mol. The Labute approximate surface area is 180 Å². The monoisotopic (exact) mass is 431 g/mol. The van der Waals surface area contributed by atoms with Crippen molar-refractivity contribution in [3.63, 3.8) is 0 Å². The number of carbonyl (C=O) groups excluding carboxylic acids is 1. The van der Waals surface area contributed by atoms with Crippen LogP contribution >= 0.6 is 0 Å². The minimum Gasteiger partial charge on any atom is -0.465 e. The molecule has 0 aromatic heterocycles. The van der Waals surface area contributed by atoms with Crippen LogP contribution in [0.1, 0.15) is 24.8 Å². The summed E-state index contributed by atoms with van der Waals surface area (Å²) in [6, 6.07) is 10.5. The number of likely N-dealkylation sites (tertiary alicyclic amines) is 1. The minimum absolute atomic E-state index is 0.0512. The molecular weight excluding hydrogens is 404 g/mol. The maximum Gasteiger partial charge on any atom is 0.404 e. The second kappa shape index (κ2) is 10.3. The highest BCUT2D eigenvalue weighted by Crippen LogP contribution is 2.26. The molecule has 3 N–H and O–H groups in total. The van der Waals surface area contributed by atoms with Gasteiger partial charge in [-0.25, -0.2) is 13.6 Å². The Morgan fingerprint density at radius 3 is 2.32 bits per heavy atom. The third-order valence-electron chi connectivity index (χ3n) is 5.82. The standard InChI is InChI=1S/C23H27F2N3O3/c1-26-22(29)13-21(27-23(30)31)16-8-10-28(11-9-16)14-18-3-2-17(12-20(18)25)15-4-6-19(24)7-5-15/h2-7,12,16,21,27H,8-11,13-14H2,1H3,(H,26,29)(H,30,31). The highest BCUT2D eigenvalue weighted by Gasteiger charge is 2.29. The molecule has 8 heteroatoms. The first-order chi connectivity index (χ1) is 14.9. The number of carboxylic acid groups (broad SMARTS) is 1. The van der Waals surface area contributed by atoms with E-state index in [2.05, 4.69) is 15.5 Å². The van der Waals surface area contributed by atoms with E-state index in [9.17, 15) is 18.4 Å². The quantitative estimate of drug-likeness (QED) is 0.626. The number of rotatable bonds is 7. The van der Waals surface area contributed by atoms with E-state index in [4.69, 9.17) is 5.11 Å². The Morgan fingerprint density at radius 2 is 1.74 bits per heavy atom. The highest BCUT2D eigenvalue weighted by molar-refractivity contribution is 5.77. The van der Waals surface area contributed by atoms with Crippen LogP contribution in [0.2, 0.25) is 0 Å². The van der Waals surface area contributed by atoms with Crippen molar-refractivity contribution in [2.24, 2.45) is 5.92 Å². The van der Waals surface area contributed by atoms with Gasteiger partial charge in [-0.05, 0) is 61.2 Å². The van der Waals surface area contributed by atoms with Gasteiger partial charge in [-0.2, -0.15) is 0 Å². The van der Waals surface area contributed by atoms with E-state index in [1.165, 1.54) is 25.2 Å². The number of nitrogens with one attached hydrogen (secondary N) is 2. The average Bonchev–Trinajstić information content (AvgIpc) is 2.75. The summed E-state index contributed by atoms with van der Waals surface area (Å²) >= 11 is 0. The number of hydrogen-bond donors (Lipinski definition) is 3. The van der Waals surface area contributed by atoms with Crippen molar-refractivity contribution in [3.05, 3.63) is 59.7 Å². The predicted octanol–water partition coefficient (Wildman–Crippen LogP) is 3.62. The molecule has 0 radical (unpaired) electrons. The Morgan fingerprint density at radius 1 is 1.10 bits per heavy atom. The number of piperidine rings is 1. The van der Waals surface area contributed by atoms with Crippen molar-refractivity contribution in [2.75, 3.05) is 20.1 Å². The molecule has 1 heterocycles. The fourth-order valence-corrected chi connectivity index (χ4v) is 4.05. The normalized spacial score (nSPS) is 16.0. The van der Waals surface area contributed by atoms with Crippen LogP contribution in [0.5, 0.6) is 0 Å². The summed E-state index contributed by atoms with van der Waals surface area (Å²) in [5.41, 5.74) is 2.02. The van der Waals surface area contributed by atoms with Gasteiger partial charge in [0, 0.05) is 31.6 Å². The van der Waals surface area contributed by atoms with E-state index in [0.29, 0.717) is 30.8 Å². The smallest absolute Gasteiger partial charge is 0.404 e. The van der Waals surface area contributed by atoms with Gasteiger partial charge in [0.15, 0.2) is 0 Å². The molecule has 0 bridgehead atoms. The lowest BCUT2D eigenvalue weighted by Gasteiger charge is -2.35. The van der Waals surface area contributed by atoms with Gasteiger partial charge >= 0.3 is 6.09 Å². The van der Waals surface area contributed by atoms with Crippen LogP contribution in [0.3, 0.4) is 0 Å². The number of amides is 2. The molecule has 2 amide bonds. The maximum atomic E-state index is 14.7. The number of benzene rings is 2. The summed E-state index contributed by atoms with van der Waals surface area (Å²) in [7, 11) is 1.53. The highest BCUT2D eigenvalue weighted by atomic mass is 19.1. The van der Waals surface area contributed by atoms with Crippen molar-refractivity contribution in [2.45, 2.75) is 31.8 Å². The summed E-state index contributed by atoms with van der Waals surface area (Å²) in [6.45, 7) is 1.83. The summed E-state index contributed by atoms with van der Waals surface area (Å²) in [5, 5.41) is 14.1. The Hall–Kier alpha value is -3.00. The fraction of sp³-hybridized carbons (Fsp3) is 0.391. The second-order valence-corrected chi connectivity index (χ2v) is 7.86. The van der Waals surface area contributed by atoms with E-state index >= 15 is 0 Å². The first-order valence-corrected chi connectivity index (χ1v) is 10.3. The zero-order chi connectivity index (χ0) is 22.4. The van der Waals surface area contributed by atoms with Gasteiger partial charge in [0.2, 0.25) is 5.91 Å². The van der Waals surface area contributed by atoms with Gasteiger partial charge in [0.1, 0.15) is 11.6 Å². The maximum absolute atomic E-state index is 14.7. The van der Waals surface area contributed by atoms with Crippen molar-refractivity contribution in [1.82, 2.24) is 15.5 Å². The minimum atomic E-state index is -1.14. The summed E-state index contributed by atoms with van der Waals surface area (Å²) in [6.07, 6.45) is 0.404. The molecule has 2 aromatic carbocycles. The summed E-state index contributed by atoms with van der Waals surface area (Å²) in [4.78, 5) is 24.9. The third kappa shape index (κ3) is 6.24. The lowest BCUT2D eigenvalue weighted by atomic mass is 9.87. The van der Waals surface area contributed by atoms with E-state index in [-0.39, 0.29) is 29.9 Å². The zero-order valence-corrected chi connectivity index (χ0v) is 17.4. The lowest BCUT2D eigenvalue weighted by molar-refractivity contribution is -0.121. The molecule has 1 aliphatic heterocycles. The van der Waals surface area contributed by atoms with Crippen molar-refractivity contribution in [1.29, 1.82) is 0 Å². The molecule has 1 aliphatic rings. The van der Waals surface area contributed by atoms with Gasteiger partial charge in [-0.3, -0.25) is 9.69 Å². The fourth-order valence-electron chi connectivity index (χ4n) is 4.05. The van der Waals surface area contributed by atoms with Gasteiger partial charge < -0.3 is 15.7 Å². The molecule has 1 unspecified atom stereocenters. The molecule has 2 aromatic rings. The van der Waals surface area contributed by atoms with E-state index < -0.39 is 12.1 Å². The molecule has 166 valence electrons. The lowest BCUT2D eigenvalue weighted by Crippen LogP contribution is -2.46. The summed E-state index contributed by atoms with van der Waals surface area (Å²) in [5.74, 6) is -0.797. The van der Waals surface area contributed by atoms with Crippen LogP contribution < -0.4 is 10.6 Å². The van der Waals surface area contributed by atoms with Gasteiger partial charge in [-0.1, -0.05) is 24.3 Å². The first-order valence-electron chi connectivity index (χ1n) is 10.3. The number of nitrogens with zero attached hydrogens (tertiary/aromatic N) is 1. The topological polar surface area (TPSA) is 81.7 Å². The van der Waals surface area contributed by atoms with Crippen LogP contribution in [0.4, 0.5) is 13.6 Å². The van der Waals surface area contributed by atoms with E-state index in [1.807, 2.05) is 6.07 Å². The summed E-state index contributed by atoms with van der Waals surface area (Å²) < 4.78 is 27.8. The number of hydrogen-bond acceptors (Lipinski definition) is 3. The third-order valence-corrected chi connectivity index (χ3v) is 5.82. The first kappa shape index (κ1) is 22.7. The second-order valence-electron chi connectivity index (χ2n) is 7.86. The Kier molecular flexibility index (Phi) is 7.57. The van der Waals surface area contributed by atoms with Gasteiger partial charge in [-0.15, -0.1) is 0 Å². The van der Waals surface area contributed by atoms with Crippen LogP contribution in [-0.4, -0.2) is 48.2 Å². The molecule has 0 saturated carbocycles. The van der Waals surface area contributed by atoms with Crippen molar-refractivity contribution >= 4 is 12.0 Å². The Balaban J connectivity index is 1.59. The molecule has 1 saturated heterocycles. The molecular formula is C23H27F2N3O3. The van der Waals surface area contributed by atoms with Crippen molar-refractivity contribution < 1.29 is 23.5 Å². The van der Waals surface area contributed by atoms with Crippen molar-refractivity contribution in [3.8, 4) is 11.1 Å². The molecule has 1 atom stereocenters. The van der Waals surface area contributed by atoms with Crippen LogP contribution in [0, 0.1) is 17.6 Å². The largest absolute Gasteiger partial charge is 0.465 e. The number of halogens is 2. The van der Waals surface area contributed by atoms with Crippen LogP contribution in [0.15, 0.2) is 42.5 Å². The Bertz CT molecular complexity index is 913. The van der Waals surface area contributed by atoms with Gasteiger partial charge in [0.25, 0.3) is 0 Å².